The minimum absolute atomic E-state index is 0.225. The molecular formula is C19H26BN3O5. The van der Waals surface area contributed by atoms with Gasteiger partial charge in [-0.05, 0) is 38.2 Å². The summed E-state index contributed by atoms with van der Waals surface area (Å²) >= 11 is 0. The first-order chi connectivity index (χ1) is 13.4. The average Bonchev–Trinajstić information content (AvgIpc) is 2.92. The topological polar surface area (TPSA) is 123 Å². The molecule has 150 valence electrons. The van der Waals surface area contributed by atoms with Crippen LogP contribution in [0.5, 0.6) is 0 Å². The lowest BCUT2D eigenvalue weighted by molar-refractivity contribution is -0.134. The maximum Gasteiger partial charge on any atom is 0.475 e. The number of alkyl carbamates (subject to hydrolysis) is 1. The summed E-state index contributed by atoms with van der Waals surface area (Å²) in [6, 6.07) is 11.1. The number of rotatable bonds is 6. The summed E-state index contributed by atoms with van der Waals surface area (Å²) in [5.41, 5.74) is 0.845. The number of nitrogens with one attached hydrogen (secondary N) is 1. The second-order valence-electron chi connectivity index (χ2n) is 7.01. The van der Waals surface area contributed by atoms with E-state index in [-0.39, 0.29) is 18.9 Å². The molecule has 3 N–H and O–H groups in total. The van der Waals surface area contributed by atoms with Crippen molar-refractivity contribution in [2.24, 2.45) is 5.92 Å². The Bertz CT molecular complexity index is 695. The molecule has 0 saturated carbocycles. The highest BCUT2D eigenvalue weighted by Gasteiger charge is 2.30. The molecule has 0 bridgehead atoms. The standard InChI is InChI=1S/C19H26BN3O5/c1-14(12-21)18(24)23-10-6-5-9-16(13-23)28-19(25)22-17(20(26)27)11-15-7-3-2-4-8-15/h2-4,7-8,14,16-17,26-27H,5-6,9-11,13H2,1H3,(H,22,25). The zero-order valence-electron chi connectivity index (χ0n) is 16.0. The van der Waals surface area contributed by atoms with Crippen molar-refractivity contribution in [2.45, 2.75) is 44.7 Å². The molecule has 8 nitrogen and oxygen atoms in total. The number of benzene rings is 1. The fourth-order valence-corrected chi connectivity index (χ4v) is 3.16. The lowest BCUT2D eigenvalue weighted by Gasteiger charge is -2.26. The fraction of sp³-hybridized carbons (Fsp3) is 0.526. The first kappa shape index (κ1) is 21.7. The monoisotopic (exact) mass is 387 g/mol. The summed E-state index contributed by atoms with van der Waals surface area (Å²) in [5.74, 6) is -1.93. The fourth-order valence-electron chi connectivity index (χ4n) is 3.16. The van der Waals surface area contributed by atoms with Gasteiger partial charge in [-0.1, -0.05) is 30.3 Å². The summed E-state index contributed by atoms with van der Waals surface area (Å²) < 4.78 is 5.43. The highest BCUT2D eigenvalue weighted by molar-refractivity contribution is 6.43. The van der Waals surface area contributed by atoms with Crippen molar-refractivity contribution in [3.63, 3.8) is 0 Å². The van der Waals surface area contributed by atoms with Crippen LogP contribution in [0.25, 0.3) is 0 Å². The number of ether oxygens (including phenoxy) is 1. The van der Waals surface area contributed by atoms with E-state index in [1.165, 1.54) is 0 Å². The van der Waals surface area contributed by atoms with Gasteiger partial charge in [-0.25, -0.2) is 4.79 Å². The van der Waals surface area contributed by atoms with Crippen LogP contribution in [0.4, 0.5) is 4.79 Å². The number of carbonyl (C=O) groups is 2. The largest absolute Gasteiger partial charge is 0.475 e. The van der Waals surface area contributed by atoms with Crippen LogP contribution >= 0.6 is 0 Å². The molecule has 1 saturated heterocycles. The summed E-state index contributed by atoms with van der Waals surface area (Å²) in [6.45, 7) is 2.30. The quantitative estimate of drug-likeness (QED) is 0.623. The highest BCUT2D eigenvalue weighted by atomic mass is 16.6. The molecule has 1 aliphatic rings. The van der Waals surface area contributed by atoms with Gasteiger partial charge in [0.2, 0.25) is 5.91 Å². The molecule has 0 radical (unpaired) electrons. The van der Waals surface area contributed by atoms with Gasteiger partial charge in [0, 0.05) is 6.54 Å². The van der Waals surface area contributed by atoms with E-state index in [2.05, 4.69) is 5.32 Å². The number of nitriles is 1. The van der Waals surface area contributed by atoms with E-state index >= 15 is 0 Å². The zero-order chi connectivity index (χ0) is 20.5. The Morgan fingerprint density at radius 1 is 1.36 bits per heavy atom. The normalized spacial score (nSPS) is 18.9. The number of likely N-dealkylation sites (tertiary alicyclic amines) is 1. The number of nitrogens with zero attached hydrogens (tertiary/aromatic N) is 2. The van der Waals surface area contributed by atoms with Gasteiger partial charge < -0.3 is 25.0 Å². The molecule has 1 heterocycles. The maximum absolute atomic E-state index is 12.3. The van der Waals surface area contributed by atoms with Gasteiger partial charge in [0.15, 0.2) is 0 Å². The van der Waals surface area contributed by atoms with E-state index in [1.54, 1.807) is 11.8 Å². The average molecular weight is 387 g/mol. The molecule has 1 aromatic carbocycles. The molecule has 2 amide bonds. The second-order valence-corrected chi connectivity index (χ2v) is 7.01. The molecule has 1 aliphatic heterocycles. The van der Waals surface area contributed by atoms with Crippen LogP contribution in [0.1, 0.15) is 31.7 Å². The Kier molecular flexibility index (Phi) is 8.29. The number of amides is 2. The van der Waals surface area contributed by atoms with Crippen molar-refractivity contribution in [3.8, 4) is 6.07 Å². The molecule has 9 heteroatoms. The van der Waals surface area contributed by atoms with Crippen molar-refractivity contribution in [2.75, 3.05) is 13.1 Å². The molecule has 1 aromatic rings. The summed E-state index contributed by atoms with van der Waals surface area (Å²) in [7, 11) is -1.74. The third-order valence-corrected chi connectivity index (χ3v) is 4.74. The molecule has 0 spiro atoms. The van der Waals surface area contributed by atoms with E-state index in [0.29, 0.717) is 13.0 Å². The van der Waals surface area contributed by atoms with E-state index < -0.39 is 31.2 Å². The lowest BCUT2D eigenvalue weighted by atomic mass is 9.76. The minimum Gasteiger partial charge on any atom is -0.444 e. The van der Waals surface area contributed by atoms with Gasteiger partial charge in [0.1, 0.15) is 12.0 Å². The van der Waals surface area contributed by atoms with Crippen LogP contribution in [-0.2, 0) is 16.0 Å². The van der Waals surface area contributed by atoms with Crippen molar-refractivity contribution < 1.29 is 24.4 Å². The predicted molar refractivity (Wildman–Crippen MR) is 103 cm³/mol. The van der Waals surface area contributed by atoms with Crippen molar-refractivity contribution >= 4 is 19.1 Å². The SMILES string of the molecule is CC(C#N)C(=O)N1CCCCC(OC(=O)NC(Cc2ccccc2)B(O)O)C1. The number of carbonyl (C=O) groups excluding carboxylic acids is 2. The Morgan fingerprint density at radius 2 is 2.07 bits per heavy atom. The molecule has 3 unspecified atom stereocenters. The summed E-state index contributed by atoms with van der Waals surface area (Å²) in [4.78, 5) is 26.1. The van der Waals surface area contributed by atoms with Crippen LogP contribution in [0.3, 0.4) is 0 Å². The minimum atomic E-state index is -1.74. The van der Waals surface area contributed by atoms with Crippen molar-refractivity contribution in [1.29, 1.82) is 5.26 Å². The van der Waals surface area contributed by atoms with Crippen LogP contribution in [-0.4, -0.2) is 59.2 Å². The van der Waals surface area contributed by atoms with Crippen molar-refractivity contribution in [1.82, 2.24) is 10.2 Å². The van der Waals surface area contributed by atoms with Gasteiger partial charge in [-0.3, -0.25) is 4.79 Å². The smallest absolute Gasteiger partial charge is 0.444 e. The van der Waals surface area contributed by atoms with Gasteiger partial charge in [-0.15, -0.1) is 0 Å². The van der Waals surface area contributed by atoms with Crippen LogP contribution < -0.4 is 5.32 Å². The predicted octanol–water partition coefficient (Wildman–Crippen LogP) is 0.877. The molecule has 3 atom stereocenters. The van der Waals surface area contributed by atoms with E-state index in [1.807, 2.05) is 36.4 Å². The lowest BCUT2D eigenvalue weighted by Crippen LogP contribution is -2.49. The van der Waals surface area contributed by atoms with E-state index in [9.17, 15) is 19.6 Å². The molecule has 0 aliphatic carbocycles. The molecule has 2 rings (SSSR count). The zero-order valence-corrected chi connectivity index (χ0v) is 16.0. The molecule has 1 fully saturated rings. The molecule has 0 aromatic heterocycles. The highest BCUT2D eigenvalue weighted by Crippen LogP contribution is 2.16. The number of hydrogen-bond acceptors (Lipinski definition) is 6. The van der Waals surface area contributed by atoms with Gasteiger partial charge >= 0.3 is 13.2 Å². The third-order valence-electron chi connectivity index (χ3n) is 4.74. The van der Waals surface area contributed by atoms with Crippen LogP contribution in [0, 0.1) is 17.2 Å². The Labute approximate surface area is 165 Å². The number of hydrogen-bond donors (Lipinski definition) is 3. The summed E-state index contributed by atoms with van der Waals surface area (Å²) in [5, 5.41) is 30.6. The van der Waals surface area contributed by atoms with Gasteiger partial charge in [0.05, 0.1) is 18.6 Å². The van der Waals surface area contributed by atoms with Gasteiger partial charge in [-0.2, -0.15) is 5.26 Å². The first-order valence-electron chi connectivity index (χ1n) is 9.46. The van der Waals surface area contributed by atoms with Crippen LogP contribution in [0.15, 0.2) is 30.3 Å². The summed E-state index contributed by atoms with van der Waals surface area (Å²) in [6.07, 6.45) is 1.13. The molecule has 28 heavy (non-hydrogen) atoms. The second kappa shape index (κ2) is 10.7. The Hall–Kier alpha value is -2.57. The third kappa shape index (κ3) is 6.55. The van der Waals surface area contributed by atoms with E-state index in [0.717, 1.165) is 18.4 Å². The van der Waals surface area contributed by atoms with Crippen molar-refractivity contribution in [3.05, 3.63) is 35.9 Å². The Morgan fingerprint density at radius 3 is 2.71 bits per heavy atom. The molecular weight excluding hydrogens is 361 g/mol. The Balaban J connectivity index is 1.93. The van der Waals surface area contributed by atoms with Crippen LogP contribution in [0.2, 0.25) is 0 Å². The van der Waals surface area contributed by atoms with E-state index in [4.69, 9.17) is 10.00 Å². The first-order valence-corrected chi connectivity index (χ1v) is 9.46. The maximum atomic E-state index is 12.3. The van der Waals surface area contributed by atoms with Gasteiger partial charge in [0.25, 0.3) is 0 Å².